The van der Waals surface area contributed by atoms with E-state index in [-0.39, 0.29) is 11.9 Å². The molecule has 0 saturated carbocycles. The van der Waals surface area contributed by atoms with Crippen LogP contribution in [-0.2, 0) is 0 Å². The number of halogens is 1. The second-order valence-electron chi connectivity index (χ2n) is 5.90. The summed E-state index contributed by atoms with van der Waals surface area (Å²) in [4.78, 5) is 2.35. The van der Waals surface area contributed by atoms with Crippen molar-refractivity contribution in [3.8, 4) is 11.5 Å². The number of likely N-dealkylation sites (tertiary alicyclic amines) is 1. The Balaban J connectivity index is 1.95. The van der Waals surface area contributed by atoms with E-state index in [0.29, 0.717) is 24.1 Å². The molecule has 0 bridgehead atoms. The van der Waals surface area contributed by atoms with Gasteiger partial charge in [0.05, 0.1) is 18.4 Å². The number of anilines is 1. The van der Waals surface area contributed by atoms with Crippen LogP contribution >= 0.6 is 0 Å². The number of benzene rings is 1. The van der Waals surface area contributed by atoms with Crippen molar-refractivity contribution in [3.63, 3.8) is 0 Å². The Labute approximate surface area is 126 Å². The van der Waals surface area contributed by atoms with Gasteiger partial charge in [0, 0.05) is 18.2 Å². The molecule has 1 aromatic rings. The van der Waals surface area contributed by atoms with Gasteiger partial charge >= 0.3 is 0 Å². The smallest absolute Gasteiger partial charge is 0.167 e. The monoisotopic (exact) mass is 296 g/mol. The van der Waals surface area contributed by atoms with Gasteiger partial charge in [-0.15, -0.1) is 0 Å². The SMILES string of the molecule is CC(C)Oc1cc(OCCC2CCCN2C)c(N)cc1F. The normalized spacial score (nSPS) is 19.2. The van der Waals surface area contributed by atoms with Gasteiger partial charge in [0.1, 0.15) is 5.75 Å². The molecule has 0 amide bonds. The molecule has 0 spiro atoms. The van der Waals surface area contributed by atoms with Crippen molar-refractivity contribution in [1.82, 2.24) is 4.90 Å². The van der Waals surface area contributed by atoms with Crippen molar-refractivity contribution < 1.29 is 13.9 Å². The predicted octanol–water partition coefficient (Wildman–Crippen LogP) is 3.06. The molecule has 1 aliphatic heterocycles. The summed E-state index contributed by atoms with van der Waals surface area (Å²) in [6, 6.07) is 3.37. The highest BCUT2D eigenvalue weighted by atomic mass is 19.1. The summed E-state index contributed by atoms with van der Waals surface area (Å²) >= 11 is 0. The van der Waals surface area contributed by atoms with Crippen LogP contribution in [-0.4, -0.2) is 37.2 Å². The third-order valence-corrected chi connectivity index (χ3v) is 3.81. The Morgan fingerprint density at radius 3 is 2.76 bits per heavy atom. The van der Waals surface area contributed by atoms with E-state index < -0.39 is 5.82 Å². The van der Waals surface area contributed by atoms with E-state index in [4.69, 9.17) is 15.2 Å². The van der Waals surface area contributed by atoms with Crippen LogP contribution in [0.25, 0.3) is 0 Å². The quantitative estimate of drug-likeness (QED) is 0.820. The van der Waals surface area contributed by atoms with Gasteiger partial charge in [0.15, 0.2) is 11.6 Å². The molecule has 4 nitrogen and oxygen atoms in total. The number of ether oxygens (including phenoxy) is 2. The molecule has 21 heavy (non-hydrogen) atoms. The van der Waals surface area contributed by atoms with E-state index >= 15 is 0 Å². The standard InChI is InChI=1S/C16H25FN2O2/c1-11(2)21-15-10-16(14(18)9-13(15)17)20-8-6-12-5-4-7-19(12)3/h9-12H,4-8,18H2,1-3H3. The van der Waals surface area contributed by atoms with Crippen LogP contribution < -0.4 is 15.2 Å². The molecular formula is C16H25FN2O2. The molecule has 1 saturated heterocycles. The van der Waals surface area contributed by atoms with Gasteiger partial charge in [-0.25, -0.2) is 4.39 Å². The highest BCUT2D eigenvalue weighted by Crippen LogP contribution is 2.31. The molecule has 0 aromatic heterocycles. The number of hydrogen-bond donors (Lipinski definition) is 1. The summed E-state index contributed by atoms with van der Waals surface area (Å²) in [6.45, 7) is 5.43. The van der Waals surface area contributed by atoms with E-state index in [0.717, 1.165) is 13.0 Å². The Bertz CT molecular complexity index is 480. The lowest BCUT2D eigenvalue weighted by Crippen LogP contribution is -2.26. The molecule has 1 aromatic carbocycles. The average molecular weight is 296 g/mol. The summed E-state index contributed by atoms with van der Waals surface area (Å²) in [6.07, 6.45) is 3.31. The Morgan fingerprint density at radius 1 is 1.38 bits per heavy atom. The van der Waals surface area contributed by atoms with Crippen molar-refractivity contribution in [2.45, 2.75) is 45.3 Å². The number of nitrogens with zero attached hydrogens (tertiary/aromatic N) is 1. The summed E-state index contributed by atoms with van der Waals surface area (Å²) in [5.41, 5.74) is 6.12. The Kier molecular flexibility index (Phi) is 5.28. The molecule has 0 aliphatic carbocycles. The largest absolute Gasteiger partial charge is 0.491 e. The molecule has 118 valence electrons. The molecule has 5 heteroatoms. The van der Waals surface area contributed by atoms with Crippen molar-refractivity contribution in [2.75, 3.05) is 25.9 Å². The van der Waals surface area contributed by atoms with Crippen molar-refractivity contribution in [1.29, 1.82) is 0 Å². The molecule has 0 radical (unpaired) electrons. The Hall–Kier alpha value is -1.49. The minimum atomic E-state index is -0.455. The van der Waals surface area contributed by atoms with Crippen LogP contribution in [0.5, 0.6) is 11.5 Å². The highest BCUT2D eigenvalue weighted by Gasteiger charge is 2.20. The van der Waals surface area contributed by atoms with E-state index in [1.807, 2.05) is 13.8 Å². The minimum absolute atomic E-state index is 0.0943. The fraction of sp³-hybridized carbons (Fsp3) is 0.625. The van der Waals surface area contributed by atoms with Crippen LogP contribution in [0, 0.1) is 5.82 Å². The number of hydrogen-bond acceptors (Lipinski definition) is 4. The fourth-order valence-electron chi connectivity index (χ4n) is 2.67. The van der Waals surface area contributed by atoms with Crippen LogP contribution in [0.2, 0.25) is 0 Å². The first-order valence-corrected chi connectivity index (χ1v) is 7.56. The zero-order valence-electron chi connectivity index (χ0n) is 13.1. The zero-order chi connectivity index (χ0) is 15.4. The molecule has 1 unspecified atom stereocenters. The van der Waals surface area contributed by atoms with Crippen LogP contribution in [0.15, 0.2) is 12.1 Å². The van der Waals surface area contributed by atoms with Gasteiger partial charge in [-0.1, -0.05) is 0 Å². The number of rotatable bonds is 6. The first-order chi connectivity index (χ1) is 9.97. The summed E-state index contributed by atoms with van der Waals surface area (Å²) in [5, 5.41) is 0. The predicted molar refractivity (Wildman–Crippen MR) is 82.3 cm³/mol. The maximum Gasteiger partial charge on any atom is 0.167 e. The molecule has 2 rings (SSSR count). The molecular weight excluding hydrogens is 271 g/mol. The van der Waals surface area contributed by atoms with Crippen LogP contribution in [0.3, 0.4) is 0 Å². The van der Waals surface area contributed by atoms with Crippen molar-refractivity contribution in [3.05, 3.63) is 17.9 Å². The second-order valence-corrected chi connectivity index (χ2v) is 5.90. The van der Waals surface area contributed by atoms with E-state index in [1.54, 1.807) is 6.07 Å². The minimum Gasteiger partial charge on any atom is -0.491 e. The van der Waals surface area contributed by atoms with Gasteiger partial charge in [0.2, 0.25) is 0 Å². The maximum absolute atomic E-state index is 13.7. The summed E-state index contributed by atoms with van der Waals surface area (Å²) in [5.74, 6) is 0.226. The number of nitrogens with two attached hydrogens (primary N) is 1. The van der Waals surface area contributed by atoms with Gasteiger partial charge in [-0.2, -0.15) is 0 Å². The third kappa shape index (κ3) is 4.24. The first kappa shape index (κ1) is 15.9. The van der Waals surface area contributed by atoms with Gasteiger partial charge < -0.3 is 20.1 Å². The summed E-state index contributed by atoms with van der Waals surface area (Å²) < 4.78 is 24.9. The van der Waals surface area contributed by atoms with E-state index in [9.17, 15) is 4.39 Å². The molecule has 2 N–H and O–H groups in total. The van der Waals surface area contributed by atoms with Crippen molar-refractivity contribution >= 4 is 5.69 Å². The average Bonchev–Trinajstić information content (AvgIpc) is 2.80. The van der Waals surface area contributed by atoms with E-state index in [1.165, 1.54) is 18.9 Å². The van der Waals surface area contributed by atoms with Crippen LogP contribution in [0.4, 0.5) is 10.1 Å². The number of nitrogen functional groups attached to an aromatic ring is 1. The zero-order valence-corrected chi connectivity index (χ0v) is 13.1. The van der Waals surface area contributed by atoms with Gasteiger partial charge in [-0.3, -0.25) is 0 Å². The summed E-state index contributed by atoms with van der Waals surface area (Å²) in [7, 11) is 2.14. The van der Waals surface area contributed by atoms with Gasteiger partial charge in [0.25, 0.3) is 0 Å². The topological polar surface area (TPSA) is 47.7 Å². The lowest BCUT2D eigenvalue weighted by Gasteiger charge is -2.20. The Morgan fingerprint density at radius 2 is 2.14 bits per heavy atom. The lowest BCUT2D eigenvalue weighted by molar-refractivity contribution is 0.222. The van der Waals surface area contributed by atoms with Gasteiger partial charge in [-0.05, 0) is 46.7 Å². The lowest BCUT2D eigenvalue weighted by atomic mass is 10.1. The second kappa shape index (κ2) is 6.98. The molecule has 1 atom stereocenters. The van der Waals surface area contributed by atoms with Crippen molar-refractivity contribution in [2.24, 2.45) is 0 Å². The molecule has 1 aliphatic rings. The first-order valence-electron chi connectivity index (χ1n) is 7.56. The molecule has 1 fully saturated rings. The maximum atomic E-state index is 13.7. The van der Waals surface area contributed by atoms with Crippen LogP contribution in [0.1, 0.15) is 33.1 Å². The third-order valence-electron chi connectivity index (χ3n) is 3.81. The molecule has 1 heterocycles. The highest BCUT2D eigenvalue weighted by molar-refractivity contribution is 5.56. The van der Waals surface area contributed by atoms with E-state index in [2.05, 4.69) is 11.9 Å². The fourth-order valence-corrected chi connectivity index (χ4v) is 2.67.